The zero-order chi connectivity index (χ0) is 14.3. The van der Waals surface area contributed by atoms with Crippen molar-refractivity contribution in [1.29, 1.82) is 0 Å². The van der Waals surface area contributed by atoms with Crippen LogP contribution in [0.3, 0.4) is 0 Å². The normalized spacial score (nSPS) is 11.8. The van der Waals surface area contributed by atoms with E-state index >= 15 is 0 Å². The van der Waals surface area contributed by atoms with Gasteiger partial charge in [0.1, 0.15) is 4.90 Å². The second-order valence-corrected chi connectivity index (χ2v) is 5.83. The zero-order valence-electron chi connectivity index (χ0n) is 11.2. The van der Waals surface area contributed by atoms with Crippen LogP contribution in [0.2, 0.25) is 0 Å². The molecular formula is C11H20N4O3S. The van der Waals surface area contributed by atoms with Gasteiger partial charge in [-0.05, 0) is 6.42 Å². The lowest BCUT2D eigenvalue weighted by Crippen LogP contribution is -2.33. The van der Waals surface area contributed by atoms with Gasteiger partial charge in [0.2, 0.25) is 16.0 Å². The number of nitrogens with zero attached hydrogens (tertiary/aromatic N) is 3. The van der Waals surface area contributed by atoms with Crippen LogP contribution < -0.4 is 5.32 Å². The van der Waals surface area contributed by atoms with Crippen LogP contribution in [0.4, 0.5) is 5.95 Å². The largest absolute Gasteiger partial charge is 0.395 e. The molecule has 1 rings (SSSR count). The summed E-state index contributed by atoms with van der Waals surface area (Å²) in [6.45, 7) is 4.60. The lowest BCUT2D eigenvalue weighted by atomic mass is 10.5. The van der Waals surface area contributed by atoms with Crippen molar-refractivity contribution in [2.24, 2.45) is 0 Å². The SMILES string of the molecule is CCCNc1ncc(S(=O)(=O)N(CC)CCO)cn1. The molecule has 2 N–H and O–H groups in total. The Bertz CT molecular complexity index is 475. The fraction of sp³-hybridized carbons (Fsp3) is 0.636. The molecule has 1 heterocycles. The maximum atomic E-state index is 12.2. The highest BCUT2D eigenvalue weighted by Gasteiger charge is 2.23. The molecule has 0 aliphatic rings. The lowest BCUT2D eigenvalue weighted by molar-refractivity contribution is 0.257. The minimum absolute atomic E-state index is 0.0323. The Morgan fingerprint density at radius 3 is 2.42 bits per heavy atom. The Hall–Kier alpha value is -1.25. The van der Waals surface area contributed by atoms with Gasteiger partial charge in [0.25, 0.3) is 0 Å². The van der Waals surface area contributed by atoms with E-state index in [1.165, 1.54) is 16.7 Å². The Morgan fingerprint density at radius 1 is 1.32 bits per heavy atom. The third-order valence-electron chi connectivity index (χ3n) is 2.50. The second kappa shape index (κ2) is 7.37. The van der Waals surface area contributed by atoms with E-state index in [-0.39, 0.29) is 18.0 Å². The molecule has 0 aliphatic heterocycles. The van der Waals surface area contributed by atoms with Crippen LogP contribution >= 0.6 is 0 Å². The minimum atomic E-state index is -3.63. The fourth-order valence-corrected chi connectivity index (χ4v) is 2.82. The van der Waals surface area contributed by atoms with Gasteiger partial charge in [0.05, 0.1) is 19.0 Å². The van der Waals surface area contributed by atoms with Gasteiger partial charge >= 0.3 is 0 Å². The monoisotopic (exact) mass is 288 g/mol. The summed E-state index contributed by atoms with van der Waals surface area (Å²) in [4.78, 5) is 7.97. The summed E-state index contributed by atoms with van der Waals surface area (Å²) >= 11 is 0. The van der Waals surface area contributed by atoms with E-state index in [1.54, 1.807) is 6.92 Å². The summed E-state index contributed by atoms with van der Waals surface area (Å²) < 4.78 is 25.6. The Balaban J connectivity index is 2.89. The number of aromatic nitrogens is 2. The van der Waals surface area contributed by atoms with Gasteiger partial charge < -0.3 is 10.4 Å². The van der Waals surface area contributed by atoms with E-state index in [4.69, 9.17) is 5.11 Å². The van der Waals surface area contributed by atoms with Gasteiger partial charge in [0, 0.05) is 19.6 Å². The van der Waals surface area contributed by atoms with Crippen LogP contribution in [0.1, 0.15) is 20.3 Å². The number of nitrogens with one attached hydrogen (secondary N) is 1. The first kappa shape index (κ1) is 15.8. The number of aliphatic hydroxyl groups is 1. The number of aliphatic hydroxyl groups excluding tert-OH is 1. The first-order valence-electron chi connectivity index (χ1n) is 6.23. The molecule has 1 aromatic rings. The average molecular weight is 288 g/mol. The van der Waals surface area contributed by atoms with Crippen LogP contribution in [-0.2, 0) is 10.0 Å². The number of rotatable bonds is 8. The molecule has 0 atom stereocenters. The van der Waals surface area contributed by atoms with Crippen molar-refractivity contribution in [2.45, 2.75) is 25.2 Å². The Morgan fingerprint density at radius 2 is 1.95 bits per heavy atom. The molecule has 1 aromatic heterocycles. The molecule has 8 heteroatoms. The zero-order valence-corrected chi connectivity index (χ0v) is 12.0. The summed E-state index contributed by atoms with van der Waals surface area (Å²) in [6.07, 6.45) is 3.49. The third-order valence-corrected chi connectivity index (χ3v) is 4.43. The Labute approximate surface area is 113 Å². The molecule has 0 fully saturated rings. The van der Waals surface area contributed by atoms with E-state index in [0.717, 1.165) is 13.0 Å². The standard InChI is InChI=1S/C11H20N4O3S/c1-3-5-12-11-13-8-10(9-14-11)19(17,18)15(4-2)6-7-16/h8-9,16H,3-7H2,1-2H3,(H,12,13,14). The van der Waals surface area contributed by atoms with Crippen molar-refractivity contribution in [2.75, 3.05) is 31.6 Å². The topological polar surface area (TPSA) is 95.4 Å². The molecule has 19 heavy (non-hydrogen) atoms. The summed E-state index contributed by atoms with van der Waals surface area (Å²) in [5.74, 6) is 0.408. The van der Waals surface area contributed by atoms with Gasteiger partial charge in [-0.2, -0.15) is 4.31 Å². The van der Waals surface area contributed by atoms with E-state index in [9.17, 15) is 8.42 Å². The van der Waals surface area contributed by atoms with Crippen molar-refractivity contribution < 1.29 is 13.5 Å². The number of likely N-dealkylation sites (N-methyl/N-ethyl adjacent to an activating group) is 1. The molecule has 0 unspecified atom stereocenters. The van der Waals surface area contributed by atoms with Gasteiger partial charge in [-0.15, -0.1) is 0 Å². The highest BCUT2D eigenvalue weighted by atomic mass is 32.2. The van der Waals surface area contributed by atoms with Crippen molar-refractivity contribution in [3.05, 3.63) is 12.4 Å². The predicted molar refractivity (Wildman–Crippen MR) is 72.3 cm³/mol. The van der Waals surface area contributed by atoms with Crippen molar-refractivity contribution in [3.63, 3.8) is 0 Å². The van der Waals surface area contributed by atoms with E-state index in [2.05, 4.69) is 15.3 Å². The minimum Gasteiger partial charge on any atom is -0.395 e. The highest BCUT2D eigenvalue weighted by Crippen LogP contribution is 2.14. The molecule has 0 radical (unpaired) electrons. The summed E-state index contributed by atoms with van der Waals surface area (Å²) in [5, 5.41) is 11.8. The highest BCUT2D eigenvalue weighted by molar-refractivity contribution is 7.89. The predicted octanol–water partition coefficient (Wildman–Crippen LogP) is 0.301. The molecule has 0 saturated heterocycles. The van der Waals surface area contributed by atoms with Gasteiger partial charge in [0.15, 0.2) is 0 Å². The third kappa shape index (κ3) is 4.12. The number of hydrogen-bond donors (Lipinski definition) is 2. The van der Waals surface area contributed by atoms with Gasteiger partial charge in [-0.1, -0.05) is 13.8 Å². The molecule has 0 amide bonds. The second-order valence-electron chi connectivity index (χ2n) is 3.89. The molecule has 0 aliphatic carbocycles. The maximum absolute atomic E-state index is 12.2. The van der Waals surface area contributed by atoms with Crippen molar-refractivity contribution in [1.82, 2.24) is 14.3 Å². The average Bonchev–Trinajstić information content (AvgIpc) is 2.42. The molecule has 7 nitrogen and oxygen atoms in total. The number of hydrogen-bond acceptors (Lipinski definition) is 6. The first-order chi connectivity index (χ1) is 9.06. The van der Waals surface area contributed by atoms with E-state index in [1.807, 2.05) is 6.92 Å². The van der Waals surface area contributed by atoms with Crippen LogP contribution in [0, 0.1) is 0 Å². The maximum Gasteiger partial charge on any atom is 0.246 e. The van der Waals surface area contributed by atoms with Crippen LogP contribution in [-0.4, -0.2) is 54.0 Å². The summed E-state index contributed by atoms with van der Waals surface area (Å²) in [5.41, 5.74) is 0. The first-order valence-corrected chi connectivity index (χ1v) is 7.67. The van der Waals surface area contributed by atoms with Gasteiger partial charge in [-0.3, -0.25) is 0 Å². The number of anilines is 1. The van der Waals surface area contributed by atoms with Crippen molar-refractivity contribution in [3.8, 4) is 0 Å². The smallest absolute Gasteiger partial charge is 0.246 e. The quantitative estimate of drug-likeness (QED) is 0.714. The Kier molecular flexibility index (Phi) is 6.13. The lowest BCUT2D eigenvalue weighted by Gasteiger charge is -2.18. The van der Waals surface area contributed by atoms with Gasteiger partial charge in [-0.25, -0.2) is 18.4 Å². The molecule has 0 saturated carbocycles. The fourth-order valence-electron chi connectivity index (χ4n) is 1.49. The van der Waals surface area contributed by atoms with E-state index in [0.29, 0.717) is 12.5 Å². The summed E-state index contributed by atoms with van der Waals surface area (Å²) in [7, 11) is -3.63. The molecule has 0 bridgehead atoms. The van der Waals surface area contributed by atoms with Crippen molar-refractivity contribution >= 4 is 16.0 Å². The molecule has 0 aromatic carbocycles. The van der Waals surface area contributed by atoms with E-state index < -0.39 is 10.0 Å². The molecule has 0 spiro atoms. The molecule has 108 valence electrons. The summed E-state index contributed by atoms with van der Waals surface area (Å²) in [6, 6.07) is 0. The van der Waals surface area contributed by atoms with Crippen LogP contribution in [0.15, 0.2) is 17.3 Å². The van der Waals surface area contributed by atoms with Crippen LogP contribution in [0.5, 0.6) is 0 Å². The molecular weight excluding hydrogens is 268 g/mol. The number of sulfonamides is 1. The van der Waals surface area contributed by atoms with Crippen LogP contribution in [0.25, 0.3) is 0 Å².